The first-order chi connectivity index (χ1) is 8.56. The van der Waals surface area contributed by atoms with Crippen molar-refractivity contribution in [3.63, 3.8) is 0 Å². The lowest BCUT2D eigenvalue weighted by Crippen LogP contribution is -2.30. The van der Waals surface area contributed by atoms with Crippen molar-refractivity contribution in [3.05, 3.63) is 34.6 Å². The number of fused-ring (bicyclic) bond motifs is 1. The van der Waals surface area contributed by atoms with Gasteiger partial charge in [0, 0.05) is 0 Å². The number of aliphatic carboxylic acids is 1. The van der Waals surface area contributed by atoms with E-state index in [1.54, 1.807) is 12.1 Å². The predicted octanol–water partition coefficient (Wildman–Crippen LogP) is 2.73. The fraction of sp³-hybridized carbons (Fsp3) is 0.385. The lowest BCUT2D eigenvalue weighted by atomic mass is 10.00. The molecule has 1 aromatic carbocycles. The lowest BCUT2D eigenvalue weighted by Gasteiger charge is -2.18. The van der Waals surface area contributed by atoms with Crippen LogP contribution >= 0.6 is 11.5 Å². The first-order valence-corrected chi connectivity index (χ1v) is 6.67. The van der Waals surface area contributed by atoms with E-state index in [2.05, 4.69) is 0 Å². The third-order valence-electron chi connectivity index (χ3n) is 3.20. The summed E-state index contributed by atoms with van der Waals surface area (Å²) >= 11 is 1.23. The molecule has 0 aliphatic rings. The number of carbonyl (C=O) groups is 1. The van der Waals surface area contributed by atoms with E-state index in [9.17, 15) is 14.7 Å². The Kier molecular flexibility index (Phi) is 3.52. The van der Waals surface area contributed by atoms with Gasteiger partial charge in [-0.3, -0.25) is 4.79 Å². The second-order valence-corrected chi connectivity index (χ2v) is 5.40. The number of carboxylic acids is 1. The molecule has 1 heterocycles. The van der Waals surface area contributed by atoms with Gasteiger partial charge in [0.25, 0.3) is 5.56 Å². The molecule has 0 saturated heterocycles. The summed E-state index contributed by atoms with van der Waals surface area (Å²) in [5.41, 5.74) is -0.205. The van der Waals surface area contributed by atoms with Crippen molar-refractivity contribution in [2.75, 3.05) is 0 Å². The van der Waals surface area contributed by atoms with Crippen molar-refractivity contribution in [1.82, 2.24) is 3.96 Å². The minimum atomic E-state index is -0.946. The van der Waals surface area contributed by atoms with Crippen molar-refractivity contribution in [3.8, 4) is 0 Å². The standard InChI is InChI=1S/C13H15NO3S/c1-3-8(2)11(13(16)17)14-12(15)9-6-4-5-7-10(9)18-14/h4-8,11H,3H2,1-2H3,(H,16,17)/t8-,11-/m0/s1. The quantitative estimate of drug-likeness (QED) is 0.924. The van der Waals surface area contributed by atoms with Crippen LogP contribution in [0.3, 0.4) is 0 Å². The molecule has 96 valence electrons. The van der Waals surface area contributed by atoms with E-state index in [0.717, 1.165) is 11.1 Å². The molecule has 0 radical (unpaired) electrons. The number of aromatic nitrogens is 1. The zero-order valence-corrected chi connectivity index (χ0v) is 11.1. The SMILES string of the molecule is CC[C@H](C)[C@@H](C(=O)O)n1sc2ccccc2c1=O. The van der Waals surface area contributed by atoms with Crippen LogP contribution in [-0.4, -0.2) is 15.0 Å². The maximum atomic E-state index is 12.2. The van der Waals surface area contributed by atoms with E-state index in [-0.39, 0.29) is 11.5 Å². The summed E-state index contributed by atoms with van der Waals surface area (Å²) in [5.74, 6) is -1.02. The molecule has 1 N–H and O–H groups in total. The summed E-state index contributed by atoms with van der Waals surface area (Å²) in [6.07, 6.45) is 0.720. The number of hydrogen-bond acceptors (Lipinski definition) is 3. The van der Waals surface area contributed by atoms with Crippen LogP contribution in [-0.2, 0) is 4.79 Å². The normalized spacial score (nSPS) is 14.6. The monoisotopic (exact) mass is 265 g/mol. The fourth-order valence-electron chi connectivity index (χ4n) is 1.97. The second kappa shape index (κ2) is 4.94. The van der Waals surface area contributed by atoms with Gasteiger partial charge in [0.2, 0.25) is 0 Å². The van der Waals surface area contributed by atoms with Crippen LogP contribution in [0.25, 0.3) is 10.1 Å². The first-order valence-electron chi connectivity index (χ1n) is 5.89. The van der Waals surface area contributed by atoms with Crippen molar-refractivity contribution in [1.29, 1.82) is 0 Å². The minimum absolute atomic E-state index is 0.0757. The van der Waals surface area contributed by atoms with Gasteiger partial charge in [0.15, 0.2) is 0 Å². The molecule has 2 rings (SSSR count). The Morgan fingerprint density at radius 1 is 1.44 bits per heavy atom. The van der Waals surface area contributed by atoms with Gasteiger partial charge in [-0.25, -0.2) is 8.75 Å². The molecule has 0 amide bonds. The lowest BCUT2D eigenvalue weighted by molar-refractivity contribution is -0.142. The highest BCUT2D eigenvalue weighted by molar-refractivity contribution is 7.14. The summed E-state index contributed by atoms with van der Waals surface area (Å²) < 4.78 is 2.22. The van der Waals surface area contributed by atoms with Gasteiger partial charge in [-0.1, -0.05) is 43.9 Å². The molecule has 0 spiro atoms. The van der Waals surface area contributed by atoms with Gasteiger partial charge in [-0.2, -0.15) is 0 Å². The molecule has 2 aromatic rings. The number of carboxylic acid groups (broad SMARTS) is 1. The third kappa shape index (κ3) is 2.06. The number of benzene rings is 1. The molecule has 0 aliphatic carbocycles. The molecular formula is C13H15NO3S. The highest BCUT2D eigenvalue weighted by Crippen LogP contribution is 2.26. The van der Waals surface area contributed by atoms with Crippen molar-refractivity contribution >= 4 is 27.6 Å². The largest absolute Gasteiger partial charge is 0.480 e. The average molecular weight is 265 g/mol. The average Bonchev–Trinajstić information content (AvgIpc) is 2.67. The maximum absolute atomic E-state index is 12.2. The van der Waals surface area contributed by atoms with Gasteiger partial charge in [0.1, 0.15) is 6.04 Å². The Bertz CT molecular complexity index is 628. The molecule has 0 saturated carbocycles. The van der Waals surface area contributed by atoms with Crippen LogP contribution in [0.5, 0.6) is 0 Å². The molecule has 4 nitrogen and oxygen atoms in total. The van der Waals surface area contributed by atoms with Crippen LogP contribution in [0.1, 0.15) is 26.3 Å². The zero-order chi connectivity index (χ0) is 13.3. The summed E-state index contributed by atoms with van der Waals surface area (Å²) in [6.45, 7) is 3.79. The minimum Gasteiger partial charge on any atom is -0.480 e. The molecule has 1 aromatic heterocycles. The molecule has 0 fully saturated rings. The second-order valence-electron chi connectivity index (χ2n) is 4.39. The molecule has 5 heteroatoms. The van der Waals surface area contributed by atoms with Gasteiger partial charge < -0.3 is 5.11 Å². The van der Waals surface area contributed by atoms with Gasteiger partial charge in [-0.15, -0.1) is 0 Å². The van der Waals surface area contributed by atoms with E-state index in [4.69, 9.17) is 0 Å². The summed E-state index contributed by atoms with van der Waals surface area (Å²) in [4.78, 5) is 23.6. The Hall–Kier alpha value is -1.62. The van der Waals surface area contributed by atoms with Gasteiger partial charge in [-0.05, 0) is 18.1 Å². The van der Waals surface area contributed by atoms with Crippen LogP contribution < -0.4 is 5.56 Å². The zero-order valence-electron chi connectivity index (χ0n) is 10.3. The van der Waals surface area contributed by atoms with Crippen LogP contribution in [0.15, 0.2) is 29.1 Å². The maximum Gasteiger partial charge on any atom is 0.328 e. The highest BCUT2D eigenvalue weighted by Gasteiger charge is 2.28. The van der Waals surface area contributed by atoms with E-state index < -0.39 is 12.0 Å². The van der Waals surface area contributed by atoms with Crippen molar-refractivity contribution < 1.29 is 9.90 Å². The van der Waals surface area contributed by atoms with Crippen LogP contribution in [0.2, 0.25) is 0 Å². The summed E-state index contributed by atoms with van der Waals surface area (Å²) in [5, 5.41) is 9.92. The number of nitrogens with zero attached hydrogens (tertiary/aromatic N) is 1. The Morgan fingerprint density at radius 3 is 2.67 bits per heavy atom. The van der Waals surface area contributed by atoms with Gasteiger partial charge >= 0.3 is 5.97 Å². The molecule has 0 bridgehead atoms. The Balaban J connectivity index is 2.61. The van der Waals surface area contributed by atoms with Crippen molar-refractivity contribution in [2.24, 2.45) is 5.92 Å². The Morgan fingerprint density at radius 2 is 2.11 bits per heavy atom. The topological polar surface area (TPSA) is 59.3 Å². The Labute approximate surface area is 109 Å². The number of hydrogen-bond donors (Lipinski definition) is 1. The molecule has 18 heavy (non-hydrogen) atoms. The predicted molar refractivity (Wildman–Crippen MR) is 72.2 cm³/mol. The molecule has 0 unspecified atom stereocenters. The van der Waals surface area contributed by atoms with E-state index in [1.165, 1.54) is 15.5 Å². The molecular weight excluding hydrogens is 250 g/mol. The number of rotatable bonds is 4. The first kappa shape index (κ1) is 12.8. The highest BCUT2D eigenvalue weighted by atomic mass is 32.1. The van der Waals surface area contributed by atoms with E-state index >= 15 is 0 Å². The summed E-state index contributed by atoms with van der Waals surface area (Å²) in [6, 6.07) is 6.44. The van der Waals surface area contributed by atoms with Crippen molar-refractivity contribution in [2.45, 2.75) is 26.3 Å². The van der Waals surface area contributed by atoms with Crippen LogP contribution in [0.4, 0.5) is 0 Å². The smallest absolute Gasteiger partial charge is 0.328 e. The van der Waals surface area contributed by atoms with E-state index in [0.29, 0.717) is 5.39 Å². The van der Waals surface area contributed by atoms with E-state index in [1.807, 2.05) is 26.0 Å². The third-order valence-corrected chi connectivity index (χ3v) is 4.35. The van der Waals surface area contributed by atoms with Crippen LogP contribution in [0, 0.1) is 5.92 Å². The molecule has 0 aliphatic heterocycles. The van der Waals surface area contributed by atoms with Gasteiger partial charge in [0.05, 0.1) is 10.1 Å². The summed E-state index contributed by atoms with van der Waals surface area (Å²) in [7, 11) is 0. The molecule has 2 atom stereocenters. The fourth-order valence-corrected chi connectivity index (χ4v) is 3.17.